The van der Waals surface area contributed by atoms with Crippen LogP contribution in [0.2, 0.25) is 0 Å². The van der Waals surface area contributed by atoms with Gasteiger partial charge in [0.1, 0.15) is 5.54 Å². The largest absolute Gasteiger partial charge is 0.480 e. The van der Waals surface area contributed by atoms with Crippen LogP contribution in [0.1, 0.15) is 47.5 Å². The summed E-state index contributed by atoms with van der Waals surface area (Å²) in [5.41, 5.74) is -0.929. The average Bonchev–Trinajstić information content (AvgIpc) is 2.84. The van der Waals surface area contributed by atoms with E-state index in [-0.39, 0.29) is 11.8 Å². The molecule has 1 aliphatic carbocycles. The Labute approximate surface area is 97.4 Å². The second kappa shape index (κ2) is 5.87. The Bertz CT molecular complexity index is 252. The van der Waals surface area contributed by atoms with Gasteiger partial charge in [-0.15, -0.1) is 0 Å². The lowest BCUT2D eigenvalue weighted by Crippen LogP contribution is -2.44. The van der Waals surface area contributed by atoms with Gasteiger partial charge in [-0.05, 0) is 18.8 Å². The number of nitrogens with one attached hydrogen (secondary N) is 1. The zero-order chi connectivity index (χ0) is 12.9. The number of carbonyl (C=O) groups excluding carboxylic acids is 1. The standard InChI is InChI=1S/C8H13NO3.C4H10/c1-5(2)6(10)9-8(3-4-8)7(11)12;1-4(2)3/h5H,3-4H2,1-2H3,(H,9,10)(H,11,12);4H,1-3H3. The lowest BCUT2D eigenvalue weighted by molar-refractivity contribution is -0.143. The number of rotatable bonds is 3. The van der Waals surface area contributed by atoms with Gasteiger partial charge in [0, 0.05) is 5.92 Å². The highest BCUT2D eigenvalue weighted by atomic mass is 16.4. The molecular weight excluding hydrogens is 206 g/mol. The molecule has 0 aromatic heterocycles. The first-order valence-electron chi connectivity index (χ1n) is 5.76. The Morgan fingerprint density at radius 1 is 1.12 bits per heavy atom. The summed E-state index contributed by atoms with van der Waals surface area (Å²) in [6.45, 7) is 9.99. The molecule has 0 radical (unpaired) electrons. The van der Waals surface area contributed by atoms with Gasteiger partial charge >= 0.3 is 5.97 Å². The van der Waals surface area contributed by atoms with Gasteiger partial charge in [0.25, 0.3) is 0 Å². The first-order chi connectivity index (χ1) is 7.21. The van der Waals surface area contributed by atoms with E-state index in [0.29, 0.717) is 12.8 Å². The van der Waals surface area contributed by atoms with Gasteiger partial charge in [-0.1, -0.05) is 34.6 Å². The Balaban J connectivity index is 0.000000487. The zero-order valence-electron chi connectivity index (χ0n) is 10.8. The van der Waals surface area contributed by atoms with Crippen molar-refractivity contribution in [3.05, 3.63) is 0 Å². The third-order valence-corrected chi connectivity index (χ3v) is 2.05. The van der Waals surface area contributed by atoms with E-state index in [2.05, 4.69) is 26.1 Å². The summed E-state index contributed by atoms with van der Waals surface area (Å²) in [6, 6.07) is 0. The van der Waals surface area contributed by atoms with Gasteiger partial charge in [0.15, 0.2) is 0 Å². The molecule has 94 valence electrons. The zero-order valence-corrected chi connectivity index (χ0v) is 10.8. The summed E-state index contributed by atoms with van der Waals surface area (Å²) in [6.07, 6.45) is 1.11. The SMILES string of the molecule is CC(C)C.CC(C)C(=O)NC1(C(=O)O)CC1. The summed E-state index contributed by atoms with van der Waals surface area (Å²) in [4.78, 5) is 21.8. The lowest BCUT2D eigenvalue weighted by Gasteiger charge is -2.13. The van der Waals surface area contributed by atoms with Crippen LogP contribution in [-0.4, -0.2) is 22.5 Å². The van der Waals surface area contributed by atoms with Crippen LogP contribution in [0.5, 0.6) is 0 Å². The third-order valence-electron chi connectivity index (χ3n) is 2.05. The number of hydrogen-bond acceptors (Lipinski definition) is 2. The fraction of sp³-hybridized carbons (Fsp3) is 0.833. The highest BCUT2D eigenvalue weighted by Gasteiger charge is 2.51. The molecule has 0 saturated heterocycles. The maximum atomic E-state index is 11.1. The second-order valence-electron chi connectivity index (χ2n) is 5.26. The van der Waals surface area contributed by atoms with E-state index in [9.17, 15) is 9.59 Å². The Kier molecular flexibility index (Phi) is 5.48. The first kappa shape index (κ1) is 14.9. The number of amides is 1. The molecule has 1 amide bonds. The minimum absolute atomic E-state index is 0.151. The molecule has 0 aromatic carbocycles. The van der Waals surface area contributed by atoms with Crippen molar-refractivity contribution in [1.82, 2.24) is 5.32 Å². The smallest absolute Gasteiger partial charge is 0.329 e. The van der Waals surface area contributed by atoms with Crippen LogP contribution in [-0.2, 0) is 9.59 Å². The van der Waals surface area contributed by atoms with Gasteiger partial charge in [-0.3, -0.25) is 4.79 Å². The van der Waals surface area contributed by atoms with Crippen LogP contribution in [0.4, 0.5) is 0 Å². The Morgan fingerprint density at radius 3 is 1.69 bits per heavy atom. The van der Waals surface area contributed by atoms with Gasteiger partial charge in [-0.25, -0.2) is 4.79 Å². The molecule has 0 unspecified atom stereocenters. The molecule has 1 fully saturated rings. The normalized spacial score (nSPS) is 16.4. The van der Waals surface area contributed by atoms with Crippen molar-refractivity contribution >= 4 is 11.9 Å². The van der Waals surface area contributed by atoms with E-state index < -0.39 is 11.5 Å². The quantitative estimate of drug-likeness (QED) is 0.778. The van der Waals surface area contributed by atoms with E-state index in [1.54, 1.807) is 13.8 Å². The van der Waals surface area contributed by atoms with E-state index in [1.165, 1.54) is 0 Å². The summed E-state index contributed by atoms with van der Waals surface area (Å²) in [5.74, 6) is -0.423. The fourth-order valence-corrected chi connectivity index (χ4v) is 0.898. The third kappa shape index (κ3) is 5.14. The van der Waals surface area contributed by atoms with Crippen LogP contribution < -0.4 is 5.32 Å². The maximum absolute atomic E-state index is 11.1. The predicted molar refractivity (Wildman–Crippen MR) is 63.1 cm³/mol. The molecule has 0 bridgehead atoms. The topological polar surface area (TPSA) is 66.4 Å². The van der Waals surface area contributed by atoms with Crippen molar-refractivity contribution < 1.29 is 14.7 Å². The maximum Gasteiger partial charge on any atom is 0.329 e. The van der Waals surface area contributed by atoms with E-state index in [0.717, 1.165) is 5.92 Å². The molecule has 1 aliphatic rings. The molecule has 16 heavy (non-hydrogen) atoms. The predicted octanol–water partition coefficient (Wildman–Crippen LogP) is 2.04. The Hall–Kier alpha value is -1.06. The molecule has 0 spiro atoms. The van der Waals surface area contributed by atoms with Gasteiger partial charge in [0.05, 0.1) is 0 Å². The number of hydrogen-bond donors (Lipinski definition) is 2. The van der Waals surface area contributed by atoms with Crippen LogP contribution in [0.3, 0.4) is 0 Å². The number of carboxylic acids is 1. The lowest BCUT2D eigenvalue weighted by atomic mass is 10.2. The highest BCUT2D eigenvalue weighted by Crippen LogP contribution is 2.35. The summed E-state index contributed by atoms with van der Waals surface area (Å²) < 4.78 is 0. The van der Waals surface area contributed by atoms with E-state index in [4.69, 9.17) is 5.11 Å². The van der Waals surface area contributed by atoms with Crippen molar-refractivity contribution in [3.63, 3.8) is 0 Å². The van der Waals surface area contributed by atoms with Gasteiger partial charge in [-0.2, -0.15) is 0 Å². The van der Waals surface area contributed by atoms with Gasteiger partial charge < -0.3 is 10.4 Å². The monoisotopic (exact) mass is 229 g/mol. The molecule has 2 N–H and O–H groups in total. The number of aliphatic carboxylic acids is 1. The van der Waals surface area contributed by atoms with Gasteiger partial charge in [0.2, 0.25) is 5.91 Å². The summed E-state index contributed by atoms with van der Waals surface area (Å²) >= 11 is 0. The van der Waals surface area contributed by atoms with Crippen molar-refractivity contribution in [3.8, 4) is 0 Å². The summed E-state index contributed by atoms with van der Waals surface area (Å²) in [7, 11) is 0. The average molecular weight is 229 g/mol. The molecule has 0 aliphatic heterocycles. The van der Waals surface area contributed by atoms with Crippen molar-refractivity contribution in [1.29, 1.82) is 0 Å². The molecule has 0 atom stereocenters. The summed E-state index contributed by atoms with van der Waals surface area (Å²) in [5, 5.41) is 11.2. The molecule has 0 heterocycles. The Morgan fingerprint density at radius 2 is 1.50 bits per heavy atom. The van der Waals surface area contributed by atoms with Crippen LogP contribution in [0, 0.1) is 11.8 Å². The van der Waals surface area contributed by atoms with Crippen LogP contribution in [0.25, 0.3) is 0 Å². The van der Waals surface area contributed by atoms with E-state index in [1.807, 2.05) is 0 Å². The van der Waals surface area contributed by atoms with E-state index >= 15 is 0 Å². The fourth-order valence-electron chi connectivity index (χ4n) is 0.898. The molecule has 0 aromatic rings. The van der Waals surface area contributed by atoms with Crippen LogP contribution in [0.15, 0.2) is 0 Å². The number of carbonyl (C=O) groups is 2. The highest BCUT2D eigenvalue weighted by molar-refractivity contribution is 5.90. The van der Waals surface area contributed by atoms with Crippen molar-refractivity contribution in [2.75, 3.05) is 0 Å². The number of carboxylic acid groups (broad SMARTS) is 1. The minimum Gasteiger partial charge on any atom is -0.480 e. The molecular formula is C12H23NO3. The molecule has 4 heteroatoms. The minimum atomic E-state index is -0.929. The first-order valence-corrected chi connectivity index (χ1v) is 5.76. The van der Waals surface area contributed by atoms with Crippen molar-refractivity contribution in [2.45, 2.75) is 53.0 Å². The second-order valence-corrected chi connectivity index (χ2v) is 5.26. The molecule has 1 rings (SSSR count). The molecule has 1 saturated carbocycles. The molecule has 4 nitrogen and oxygen atoms in total. The van der Waals surface area contributed by atoms with Crippen molar-refractivity contribution in [2.24, 2.45) is 11.8 Å². The van der Waals surface area contributed by atoms with Crippen LogP contribution >= 0.6 is 0 Å².